The molecule has 7 heteroatoms. The quantitative estimate of drug-likeness (QED) is 0.800. The fraction of sp³-hybridized carbons (Fsp3) is 0. The highest BCUT2D eigenvalue weighted by molar-refractivity contribution is 9.10. The van der Waals surface area contributed by atoms with E-state index in [4.69, 9.17) is 28.3 Å². The Labute approximate surface area is 138 Å². The second-order valence-electron chi connectivity index (χ2n) is 4.06. The number of hydrogen-bond donors (Lipinski definition) is 2. The van der Waals surface area contributed by atoms with E-state index < -0.39 is 11.9 Å². The first-order valence-corrected chi connectivity index (χ1v) is 7.23. The Morgan fingerprint density at radius 3 is 2.48 bits per heavy atom. The molecule has 1 amide bonds. The Balaban J connectivity index is 2.30. The molecule has 0 atom stereocenters. The van der Waals surface area contributed by atoms with Gasteiger partial charge in [0.2, 0.25) is 0 Å². The van der Waals surface area contributed by atoms with Gasteiger partial charge in [-0.1, -0.05) is 29.3 Å². The van der Waals surface area contributed by atoms with Crippen LogP contribution in [0.25, 0.3) is 0 Å². The van der Waals surface area contributed by atoms with Crippen LogP contribution in [-0.4, -0.2) is 17.0 Å². The van der Waals surface area contributed by atoms with Gasteiger partial charge in [0.25, 0.3) is 5.91 Å². The SMILES string of the molecule is O=C(O)c1cc(NC(=O)c2cccc(Cl)c2Cl)ccc1Br. The smallest absolute Gasteiger partial charge is 0.336 e. The van der Waals surface area contributed by atoms with Crippen LogP contribution in [0.3, 0.4) is 0 Å². The summed E-state index contributed by atoms with van der Waals surface area (Å²) in [7, 11) is 0. The third-order valence-electron chi connectivity index (χ3n) is 2.65. The maximum Gasteiger partial charge on any atom is 0.336 e. The van der Waals surface area contributed by atoms with Crippen molar-refractivity contribution < 1.29 is 14.7 Å². The summed E-state index contributed by atoms with van der Waals surface area (Å²) in [6.45, 7) is 0. The number of benzene rings is 2. The lowest BCUT2D eigenvalue weighted by Crippen LogP contribution is -2.13. The highest BCUT2D eigenvalue weighted by atomic mass is 79.9. The van der Waals surface area contributed by atoms with Crippen molar-refractivity contribution in [3.63, 3.8) is 0 Å². The average Bonchev–Trinajstić information content (AvgIpc) is 2.43. The molecule has 0 unspecified atom stereocenters. The molecule has 0 heterocycles. The van der Waals surface area contributed by atoms with Crippen molar-refractivity contribution in [2.45, 2.75) is 0 Å². The largest absolute Gasteiger partial charge is 0.478 e. The zero-order chi connectivity index (χ0) is 15.6. The number of amides is 1. The first kappa shape index (κ1) is 15.8. The lowest BCUT2D eigenvalue weighted by molar-refractivity contribution is 0.0695. The van der Waals surface area contributed by atoms with Crippen LogP contribution in [0.15, 0.2) is 40.9 Å². The maximum atomic E-state index is 12.1. The molecule has 0 aliphatic carbocycles. The van der Waals surface area contributed by atoms with Crippen molar-refractivity contribution >= 4 is 56.7 Å². The van der Waals surface area contributed by atoms with Crippen molar-refractivity contribution in [2.24, 2.45) is 0 Å². The molecular weight excluding hydrogens is 381 g/mol. The monoisotopic (exact) mass is 387 g/mol. The molecule has 0 saturated heterocycles. The number of rotatable bonds is 3. The number of carboxylic acids is 1. The molecule has 0 aromatic heterocycles. The normalized spacial score (nSPS) is 10.2. The molecule has 0 saturated carbocycles. The Bertz CT molecular complexity index is 734. The van der Waals surface area contributed by atoms with Crippen molar-refractivity contribution in [1.29, 1.82) is 0 Å². The predicted molar refractivity (Wildman–Crippen MR) is 85.5 cm³/mol. The van der Waals surface area contributed by atoms with Crippen molar-refractivity contribution in [3.8, 4) is 0 Å². The van der Waals surface area contributed by atoms with Gasteiger partial charge in [-0.05, 0) is 46.3 Å². The van der Waals surface area contributed by atoms with E-state index in [1.54, 1.807) is 24.3 Å². The van der Waals surface area contributed by atoms with E-state index in [0.29, 0.717) is 10.2 Å². The molecule has 4 nitrogen and oxygen atoms in total. The molecule has 2 aromatic carbocycles. The van der Waals surface area contributed by atoms with E-state index in [-0.39, 0.29) is 21.2 Å². The maximum absolute atomic E-state index is 12.1. The average molecular weight is 389 g/mol. The van der Waals surface area contributed by atoms with Crippen LogP contribution in [0, 0.1) is 0 Å². The van der Waals surface area contributed by atoms with E-state index in [2.05, 4.69) is 21.2 Å². The first-order valence-electron chi connectivity index (χ1n) is 5.68. The van der Waals surface area contributed by atoms with Gasteiger partial charge in [0, 0.05) is 10.2 Å². The molecular formula is C14H8BrCl2NO3. The van der Waals surface area contributed by atoms with Crippen LogP contribution in [0.2, 0.25) is 10.0 Å². The summed E-state index contributed by atoms with van der Waals surface area (Å²) < 4.78 is 0.425. The van der Waals surface area contributed by atoms with Crippen LogP contribution in [0.5, 0.6) is 0 Å². The molecule has 0 spiro atoms. The second kappa shape index (κ2) is 6.47. The summed E-state index contributed by atoms with van der Waals surface area (Å²) in [6.07, 6.45) is 0. The fourth-order valence-electron chi connectivity index (χ4n) is 1.64. The van der Waals surface area contributed by atoms with E-state index in [0.717, 1.165) is 0 Å². The van der Waals surface area contributed by atoms with E-state index in [1.165, 1.54) is 12.1 Å². The summed E-state index contributed by atoms with van der Waals surface area (Å²) in [4.78, 5) is 23.2. The third-order valence-corrected chi connectivity index (χ3v) is 4.16. The number of hydrogen-bond acceptors (Lipinski definition) is 2. The van der Waals surface area contributed by atoms with Gasteiger partial charge in [-0.25, -0.2) is 4.79 Å². The standard InChI is InChI=1S/C14H8BrCl2NO3/c15-10-5-4-7(6-9(10)14(20)21)18-13(19)8-2-1-3-11(16)12(8)17/h1-6H,(H,18,19)(H,20,21). The molecule has 0 fully saturated rings. The van der Waals surface area contributed by atoms with Gasteiger partial charge < -0.3 is 10.4 Å². The van der Waals surface area contributed by atoms with Gasteiger partial charge in [0.1, 0.15) is 0 Å². The Morgan fingerprint density at radius 1 is 1.10 bits per heavy atom. The number of halogens is 3. The highest BCUT2D eigenvalue weighted by Gasteiger charge is 2.14. The molecule has 2 N–H and O–H groups in total. The first-order chi connectivity index (χ1) is 9.90. The van der Waals surface area contributed by atoms with Gasteiger partial charge in [-0.3, -0.25) is 4.79 Å². The zero-order valence-electron chi connectivity index (χ0n) is 10.4. The Kier molecular flexibility index (Phi) is 4.88. The lowest BCUT2D eigenvalue weighted by Gasteiger charge is -2.09. The van der Waals surface area contributed by atoms with Gasteiger partial charge in [-0.15, -0.1) is 0 Å². The summed E-state index contributed by atoms with van der Waals surface area (Å²) in [5.74, 6) is -1.57. The molecule has 108 valence electrons. The van der Waals surface area contributed by atoms with Crippen molar-refractivity contribution in [1.82, 2.24) is 0 Å². The molecule has 21 heavy (non-hydrogen) atoms. The topological polar surface area (TPSA) is 66.4 Å². The van der Waals surface area contributed by atoms with Crippen LogP contribution in [0.1, 0.15) is 20.7 Å². The lowest BCUT2D eigenvalue weighted by atomic mass is 10.1. The van der Waals surface area contributed by atoms with E-state index >= 15 is 0 Å². The zero-order valence-corrected chi connectivity index (χ0v) is 13.5. The molecule has 2 aromatic rings. The van der Waals surface area contributed by atoms with E-state index in [1.807, 2.05) is 0 Å². The second-order valence-corrected chi connectivity index (χ2v) is 5.69. The highest BCUT2D eigenvalue weighted by Crippen LogP contribution is 2.27. The number of anilines is 1. The minimum absolute atomic E-state index is 0.0463. The molecule has 0 aliphatic rings. The fourth-order valence-corrected chi connectivity index (χ4v) is 2.45. The predicted octanol–water partition coefficient (Wildman–Crippen LogP) is 4.71. The molecule has 0 bridgehead atoms. The van der Waals surface area contributed by atoms with Crippen LogP contribution in [0.4, 0.5) is 5.69 Å². The summed E-state index contributed by atoms with van der Waals surface area (Å²) >= 11 is 15.0. The van der Waals surface area contributed by atoms with Crippen LogP contribution < -0.4 is 5.32 Å². The van der Waals surface area contributed by atoms with Gasteiger partial charge in [0.15, 0.2) is 0 Å². The van der Waals surface area contributed by atoms with Crippen LogP contribution >= 0.6 is 39.1 Å². The van der Waals surface area contributed by atoms with E-state index in [9.17, 15) is 9.59 Å². The number of nitrogens with one attached hydrogen (secondary N) is 1. The minimum atomic E-state index is -1.10. The van der Waals surface area contributed by atoms with Gasteiger partial charge in [-0.2, -0.15) is 0 Å². The Morgan fingerprint density at radius 2 is 1.81 bits per heavy atom. The number of aromatic carboxylic acids is 1. The minimum Gasteiger partial charge on any atom is -0.478 e. The number of carbonyl (C=O) groups excluding carboxylic acids is 1. The van der Waals surface area contributed by atoms with Gasteiger partial charge in [0.05, 0.1) is 21.2 Å². The summed E-state index contributed by atoms with van der Waals surface area (Å²) in [5, 5.41) is 12.0. The summed E-state index contributed by atoms with van der Waals surface area (Å²) in [5.41, 5.74) is 0.602. The summed E-state index contributed by atoms with van der Waals surface area (Å²) in [6, 6.07) is 9.17. The van der Waals surface area contributed by atoms with Gasteiger partial charge >= 0.3 is 5.97 Å². The molecule has 2 rings (SSSR count). The van der Waals surface area contributed by atoms with Crippen molar-refractivity contribution in [2.75, 3.05) is 5.32 Å². The van der Waals surface area contributed by atoms with Crippen LogP contribution in [-0.2, 0) is 0 Å². The molecule has 0 radical (unpaired) electrons. The molecule has 0 aliphatic heterocycles. The van der Waals surface area contributed by atoms with Crippen molar-refractivity contribution in [3.05, 3.63) is 62.0 Å². The third kappa shape index (κ3) is 3.56. The number of carboxylic acid groups (broad SMARTS) is 1. The number of carbonyl (C=O) groups is 2. The Hall–Kier alpha value is -1.56.